The van der Waals surface area contributed by atoms with E-state index in [9.17, 15) is 0 Å². The SMILES string of the molecule is CN(c1nccc(N2CCN(c3ncnc4c3cnn4C)CC2)n1)C1CCCCC1. The lowest BCUT2D eigenvalue weighted by Crippen LogP contribution is -2.47. The van der Waals surface area contributed by atoms with Gasteiger partial charge in [0.05, 0.1) is 11.6 Å². The zero-order valence-electron chi connectivity index (χ0n) is 17.8. The van der Waals surface area contributed by atoms with E-state index in [1.807, 2.05) is 25.5 Å². The van der Waals surface area contributed by atoms with Crippen molar-refractivity contribution in [2.45, 2.75) is 38.1 Å². The fourth-order valence-corrected chi connectivity index (χ4v) is 4.67. The number of fused-ring (bicyclic) bond motifs is 1. The van der Waals surface area contributed by atoms with Crippen LogP contribution in [0.1, 0.15) is 32.1 Å². The van der Waals surface area contributed by atoms with Crippen molar-refractivity contribution >= 4 is 28.6 Å². The normalized spacial score (nSPS) is 18.2. The summed E-state index contributed by atoms with van der Waals surface area (Å²) >= 11 is 0. The summed E-state index contributed by atoms with van der Waals surface area (Å²) in [5, 5.41) is 5.34. The molecule has 2 aliphatic rings. The van der Waals surface area contributed by atoms with Crippen molar-refractivity contribution in [3.8, 4) is 0 Å². The molecule has 30 heavy (non-hydrogen) atoms. The van der Waals surface area contributed by atoms with Gasteiger partial charge in [-0.3, -0.25) is 4.68 Å². The third-order valence-electron chi connectivity index (χ3n) is 6.48. The van der Waals surface area contributed by atoms with Gasteiger partial charge in [-0.25, -0.2) is 15.0 Å². The molecule has 0 unspecified atom stereocenters. The van der Waals surface area contributed by atoms with Gasteiger partial charge in [0, 0.05) is 52.5 Å². The lowest BCUT2D eigenvalue weighted by molar-refractivity contribution is 0.424. The van der Waals surface area contributed by atoms with E-state index in [0.29, 0.717) is 6.04 Å². The molecule has 0 amide bonds. The maximum atomic E-state index is 4.91. The maximum absolute atomic E-state index is 4.91. The Hall–Kier alpha value is -2.97. The molecule has 9 nitrogen and oxygen atoms in total. The van der Waals surface area contributed by atoms with Crippen molar-refractivity contribution < 1.29 is 0 Å². The van der Waals surface area contributed by atoms with Crippen LogP contribution in [0.4, 0.5) is 17.6 Å². The van der Waals surface area contributed by atoms with Crippen molar-refractivity contribution in [3.63, 3.8) is 0 Å². The number of nitrogens with zero attached hydrogens (tertiary/aromatic N) is 9. The Morgan fingerprint density at radius 3 is 2.53 bits per heavy atom. The fraction of sp³-hybridized carbons (Fsp3) is 0.571. The molecule has 1 aliphatic heterocycles. The van der Waals surface area contributed by atoms with E-state index in [1.54, 1.807) is 11.0 Å². The molecular weight excluding hydrogens is 378 g/mol. The quantitative estimate of drug-likeness (QED) is 0.652. The topological polar surface area (TPSA) is 79.1 Å². The number of aromatic nitrogens is 6. The predicted octanol–water partition coefficient (Wildman–Crippen LogP) is 2.25. The average Bonchev–Trinajstić information content (AvgIpc) is 3.20. The Morgan fingerprint density at radius 1 is 0.967 bits per heavy atom. The van der Waals surface area contributed by atoms with Crippen LogP contribution in [0.5, 0.6) is 0 Å². The summed E-state index contributed by atoms with van der Waals surface area (Å²) in [6.07, 6.45) is 11.8. The van der Waals surface area contributed by atoms with E-state index in [1.165, 1.54) is 32.1 Å². The lowest BCUT2D eigenvalue weighted by Gasteiger charge is -2.36. The number of rotatable bonds is 4. The number of hydrogen-bond acceptors (Lipinski definition) is 8. The average molecular weight is 408 g/mol. The van der Waals surface area contributed by atoms with E-state index >= 15 is 0 Å². The molecule has 0 spiro atoms. The van der Waals surface area contributed by atoms with E-state index in [-0.39, 0.29) is 0 Å². The first-order chi connectivity index (χ1) is 14.7. The van der Waals surface area contributed by atoms with Gasteiger partial charge in [0.25, 0.3) is 0 Å². The molecule has 5 rings (SSSR count). The second-order valence-electron chi connectivity index (χ2n) is 8.29. The Bertz CT molecular complexity index is 1000. The molecule has 0 aromatic carbocycles. The van der Waals surface area contributed by atoms with Crippen molar-refractivity contribution in [2.75, 3.05) is 47.9 Å². The number of anilines is 3. The zero-order chi connectivity index (χ0) is 20.5. The van der Waals surface area contributed by atoms with Gasteiger partial charge < -0.3 is 14.7 Å². The summed E-state index contributed by atoms with van der Waals surface area (Å²) in [7, 11) is 4.05. The van der Waals surface area contributed by atoms with Crippen LogP contribution in [0.3, 0.4) is 0 Å². The smallest absolute Gasteiger partial charge is 0.227 e. The van der Waals surface area contributed by atoms with E-state index in [0.717, 1.165) is 54.8 Å². The molecule has 4 heterocycles. The molecule has 0 N–H and O–H groups in total. The molecule has 9 heteroatoms. The third kappa shape index (κ3) is 3.53. The van der Waals surface area contributed by atoms with Crippen molar-refractivity contribution in [2.24, 2.45) is 7.05 Å². The molecule has 1 saturated carbocycles. The molecule has 0 radical (unpaired) electrons. The van der Waals surface area contributed by atoms with Gasteiger partial charge >= 0.3 is 0 Å². The summed E-state index contributed by atoms with van der Waals surface area (Å²) in [5.74, 6) is 2.82. The van der Waals surface area contributed by atoms with Crippen LogP contribution < -0.4 is 14.7 Å². The lowest BCUT2D eigenvalue weighted by atomic mass is 9.95. The Morgan fingerprint density at radius 2 is 1.73 bits per heavy atom. The highest BCUT2D eigenvalue weighted by Crippen LogP contribution is 2.27. The van der Waals surface area contributed by atoms with Gasteiger partial charge in [0.15, 0.2) is 5.65 Å². The van der Waals surface area contributed by atoms with Crippen LogP contribution in [-0.4, -0.2) is 69.0 Å². The molecule has 0 bridgehead atoms. The number of hydrogen-bond donors (Lipinski definition) is 0. The maximum Gasteiger partial charge on any atom is 0.227 e. The summed E-state index contributed by atoms with van der Waals surface area (Å²) < 4.78 is 1.79. The Balaban J connectivity index is 1.28. The van der Waals surface area contributed by atoms with E-state index < -0.39 is 0 Å². The summed E-state index contributed by atoms with van der Waals surface area (Å²) in [6, 6.07) is 2.59. The molecule has 2 fully saturated rings. The van der Waals surface area contributed by atoms with Gasteiger partial charge in [-0.2, -0.15) is 10.1 Å². The highest BCUT2D eigenvalue weighted by molar-refractivity contribution is 5.86. The Kier molecular flexibility index (Phi) is 5.10. The molecule has 3 aromatic rings. The first-order valence-corrected chi connectivity index (χ1v) is 10.9. The second kappa shape index (κ2) is 8.04. The monoisotopic (exact) mass is 407 g/mol. The first kappa shape index (κ1) is 19.0. The van der Waals surface area contributed by atoms with Gasteiger partial charge in [-0.05, 0) is 18.9 Å². The highest BCUT2D eigenvalue weighted by Gasteiger charge is 2.24. The Labute approximate surface area is 176 Å². The molecule has 158 valence electrons. The van der Waals surface area contributed by atoms with Gasteiger partial charge in [0.1, 0.15) is 18.0 Å². The fourth-order valence-electron chi connectivity index (χ4n) is 4.67. The van der Waals surface area contributed by atoms with Crippen LogP contribution in [0.15, 0.2) is 24.8 Å². The van der Waals surface area contributed by atoms with E-state index in [2.05, 4.69) is 41.8 Å². The molecule has 3 aromatic heterocycles. The highest BCUT2D eigenvalue weighted by atomic mass is 15.3. The minimum absolute atomic E-state index is 0.561. The zero-order valence-corrected chi connectivity index (χ0v) is 17.8. The van der Waals surface area contributed by atoms with Gasteiger partial charge in [0.2, 0.25) is 5.95 Å². The van der Waals surface area contributed by atoms with Crippen LogP contribution in [-0.2, 0) is 7.05 Å². The van der Waals surface area contributed by atoms with Crippen LogP contribution in [0.2, 0.25) is 0 Å². The van der Waals surface area contributed by atoms with Gasteiger partial charge in [-0.15, -0.1) is 0 Å². The summed E-state index contributed by atoms with van der Waals surface area (Å²) in [4.78, 5) is 25.3. The third-order valence-corrected chi connectivity index (χ3v) is 6.48. The first-order valence-electron chi connectivity index (χ1n) is 10.9. The van der Waals surface area contributed by atoms with Crippen molar-refractivity contribution in [1.29, 1.82) is 0 Å². The van der Waals surface area contributed by atoms with Crippen LogP contribution in [0, 0.1) is 0 Å². The predicted molar refractivity (Wildman–Crippen MR) is 118 cm³/mol. The van der Waals surface area contributed by atoms with Crippen LogP contribution in [0.25, 0.3) is 11.0 Å². The molecule has 0 atom stereocenters. The minimum atomic E-state index is 0.561. The number of aryl methyl sites for hydroxylation is 1. The van der Waals surface area contributed by atoms with Gasteiger partial charge in [-0.1, -0.05) is 19.3 Å². The summed E-state index contributed by atoms with van der Waals surface area (Å²) in [5.41, 5.74) is 0.869. The van der Waals surface area contributed by atoms with Crippen molar-refractivity contribution in [1.82, 2.24) is 29.7 Å². The van der Waals surface area contributed by atoms with Crippen molar-refractivity contribution in [3.05, 3.63) is 24.8 Å². The molecular formula is C21H29N9. The standard InChI is InChI=1S/C21H29N9/c1-27(16-6-4-3-5-7-16)21-22-9-8-18(26-21)29-10-12-30(13-11-29)20-17-14-25-28(2)19(17)23-15-24-20/h8-9,14-16H,3-7,10-13H2,1-2H3. The minimum Gasteiger partial charge on any atom is -0.353 e. The summed E-state index contributed by atoms with van der Waals surface area (Å²) in [6.45, 7) is 3.57. The number of piperazine rings is 1. The van der Waals surface area contributed by atoms with E-state index in [4.69, 9.17) is 4.98 Å². The molecule has 1 aliphatic carbocycles. The molecule has 1 saturated heterocycles. The second-order valence-corrected chi connectivity index (χ2v) is 8.29. The largest absolute Gasteiger partial charge is 0.353 e. The van der Waals surface area contributed by atoms with Crippen LogP contribution >= 0.6 is 0 Å².